The smallest absolute Gasteiger partial charge is 0.173 e. The molecule has 0 unspecified atom stereocenters. The van der Waals surface area contributed by atoms with Gasteiger partial charge in [-0.15, -0.1) is 0 Å². The average Bonchev–Trinajstić information content (AvgIpc) is 2.07. The van der Waals surface area contributed by atoms with E-state index in [4.69, 9.17) is 0 Å². The molecule has 2 nitrogen and oxygen atoms in total. The highest BCUT2D eigenvalue weighted by atomic mass is 79.9. The van der Waals surface area contributed by atoms with Gasteiger partial charge in [0.2, 0.25) is 0 Å². The van der Waals surface area contributed by atoms with Crippen LogP contribution in [0.5, 0.6) is 0 Å². The molecule has 0 atom stereocenters. The summed E-state index contributed by atoms with van der Waals surface area (Å²) >= 11 is 3.20. The first kappa shape index (κ1) is 10.8. The largest absolute Gasteiger partial charge is 0.294 e. The fraction of sp³-hybridized carbons (Fsp3) is 0.500. The third-order valence-corrected chi connectivity index (χ3v) is 3.59. The fourth-order valence-corrected chi connectivity index (χ4v) is 2.66. The molecule has 0 bridgehead atoms. The van der Waals surface area contributed by atoms with Crippen LogP contribution in [0.25, 0.3) is 0 Å². The Hall–Kier alpha value is -0.700. The predicted molar refractivity (Wildman–Crippen MR) is 61.7 cm³/mol. The van der Waals surface area contributed by atoms with Gasteiger partial charge in [-0.2, -0.15) is 0 Å². The van der Waals surface area contributed by atoms with Crippen LogP contribution in [-0.2, 0) is 9.59 Å². The Bertz CT molecular complexity index is 413. The maximum Gasteiger partial charge on any atom is 0.173 e. The summed E-state index contributed by atoms with van der Waals surface area (Å²) in [6.45, 7) is 4.15. The standard InChI is InChI=1S/C12H13BrO2/c1-12(2)5-7-3-10(14)9(13)4-8(7)11(15)6-12/h4H,3,5-6H2,1-2H3. The minimum absolute atomic E-state index is 0.00779. The molecule has 2 rings (SSSR count). The molecule has 0 spiro atoms. The van der Waals surface area contributed by atoms with Crippen molar-refractivity contribution in [2.45, 2.75) is 33.1 Å². The number of halogens is 1. The van der Waals surface area contributed by atoms with Crippen LogP contribution in [0.1, 0.15) is 33.1 Å². The number of rotatable bonds is 0. The van der Waals surface area contributed by atoms with E-state index >= 15 is 0 Å². The lowest BCUT2D eigenvalue weighted by atomic mass is 9.71. The molecule has 80 valence electrons. The Balaban J connectivity index is 2.44. The molecule has 0 aliphatic heterocycles. The Kier molecular flexibility index (Phi) is 2.45. The van der Waals surface area contributed by atoms with Gasteiger partial charge in [0.05, 0.1) is 4.48 Å². The van der Waals surface area contributed by atoms with Crippen molar-refractivity contribution in [2.75, 3.05) is 0 Å². The van der Waals surface area contributed by atoms with Crippen LogP contribution in [0.4, 0.5) is 0 Å². The van der Waals surface area contributed by atoms with Crippen LogP contribution < -0.4 is 0 Å². The van der Waals surface area contributed by atoms with E-state index in [0.717, 1.165) is 17.6 Å². The second-order valence-corrected chi connectivity index (χ2v) is 5.90. The third kappa shape index (κ3) is 1.98. The number of ketones is 2. The van der Waals surface area contributed by atoms with Crippen LogP contribution >= 0.6 is 15.9 Å². The molecule has 0 aromatic rings. The van der Waals surface area contributed by atoms with Crippen molar-refractivity contribution in [1.82, 2.24) is 0 Å². The average molecular weight is 269 g/mol. The van der Waals surface area contributed by atoms with Gasteiger partial charge in [-0.3, -0.25) is 9.59 Å². The number of carbonyl (C=O) groups is 2. The summed E-state index contributed by atoms with van der Waals surface area (Å²) in [5.41, 5.74) is 1.79. The fourth-order valence-electron chi connectivity index (χ4n) is 2.29. The second-order valence-electron chi connectivity index (χ2n) is 5.05. The number of allylic oxidation sites excluding steroid dienone is 4. The lowest BCUT2D eigenvalue weighted by molar-refractivity contribution is -0.118. The number of hydrogen-bond acceptors (Lipinski definition) is 2. The van der Waals surface area contributed by atoms with Gasteiger partial charge in [-0.1, -0.05) is 19.4 Å². The molecule has 0 saturated carbocycles. The SMILES string of the molecule is CC1(C)CC(=O)C2=C(CC(=O)C(Br)=C2)C1. The van der Waals surface area contributed by atoms with E-state index in [2.05, 4.69) is 29.8 Å². The Labute approximate surface area is 97.6 Å². The van der Waals surface area contributed by atoms with Crippen molar-refractivity contribution in [3.63, 3.8) is 0 Å². The van der Waals surface area contributed by atoms with E-state index in [-0.39, 0.29) is 17.0 Å². The molecular formula is C12H13BrO2. The molecule has 2 aliphatic rings. The zero-order valence-corrected chi connectivity index (χ0v) is 10.5. The van der Waals surface area contributed by atoms with Crippen LogP contribution in [0.15, 0.2) is 21.7 Å². The zero-order valence-electron chi connectivity index (χ0n) is 8.89. The predicted octanol–water partition coefficient (Wildman–Crippen LogP) is 2.92. The first-order valence-electron chi connectivity index (χ1n) is 5.05. The van der Waals surface area contributed by atoms with E-state index in [1.165, 1.54) is 0 Å². The van der Waals surface area contributed by atoms with Gasteiger partial charge in [-0.25, -0.2) is 0 Å². The summed E-state index contributed by atoms with van der Waals surface area (Å²) in [7, 11) is 0. The minimum Gasteiger partial charge on any atom is -0.294 e. The normalized spacial score (nSPS) is 25.1. The first-order valence-corrected chi connectivity index (χ1v) is 5.84. The molecular weight excluding hydrogens is 256 g/mol. The summed E-state index contributed by atoms with van der Waals surface area (Å²) < 4.78 is 0.536. The van der Waals surface area contributed by atoms with Crippen molar-refractivity contribution in [3.8, 4) is 0 Å². The Morgan fingerprint density at radius 3 is 2.53 bits per heavy atom. The molecule has 0 fully saturated rings. The van der Waals surface area contributed by atoms with Crippen LogP contribution in [0, 0.1) is 5.41 Å². The quantitative estimate of drug-likeness (QED) is 0.677. The number of carbonyl (C=O) groups excluding carboxylic acids is 2. The van der Waals surface area contributed by atoms with Crippen LogP contribution in [-0.4, -0.2) is 11.6 Å². The van der Waals surface area contributed by atoms with Crippen molar-refractivity contribution in [1.29, 1.82) is 0 Å². The molecule has 3 heteroatoms. The molecule has 0 radical (unpaired) electrons. The van der Waals surface area contributed by atoms with E-state index in [9.17, 15) is 9.59 Å². The molecule has 0 heterocycles. The third-order valence-electron chi connectivity index (χ3n) is 2.92. The topological polar surface area (TPSA) is 34.1 Å². The first-order chi connectivity index (χ1) is 6.89. The second kappa shape index (κ2) is 3.41. The van der Waals surface area contributed by atoms with Gasteiger partial charge in [-0.05, 0) is 33.8 Å². The minimum atomic E-state index is 0.00779. The molecule has 0 amide bonds. The van der Waals surface area contributed by atoms with Crippen molar-refractivity contribution in [2.24, 2.45) is 5.41 Å². The van der Waals surface area contributed by atoms with Gasteiger partial charge < -0.3 is 0 Å². The highest BCUT2D eigenvalue weighted by molar-refractivity contribution is 9.12. The molecule has 15 heavy (non-hydrogen) atoms. The summed E-state index contributed by atoms with van der Waals surface area (Å²) in [6, 6.07) is 0. The molecule has 0 N–H and O–H groups in total. The van der Waals surface area contributed by atoms with Gasteiger partial charge >= 0.3 is 0 Å². The number of hydrogen-bond donors (Lipinski definition) is 0. The van der Waals surface area contributed by atoms with Crippen molar-refractivity contribution < 1.29 is 9.59 Å². The Morgan fingerprint density at radius 1 is 1.20 bits per heavy atom. The highest BCUT2D eigenvalue weighted by Gasteiger charge is 2.34. The van der Waals surface area contributed by atoms with Gasteiger partial charge in [0, 0.05) is 18.4 Å². The van der Waals surface area contributed by atoms with Crippen molar-refractivity contribution in [3.05, 3.63) is 21.7 Å². The van der Waals surface area contributed by atoms with Crippen LogP contribution in [0.3, 0.4) is 0 Å². The molecule has 2 aliphatic carbocycles. The number of Topliss-reactive ketones (excluding diaryl/α,β-unsaturated/α-hetero) is 2. The highest BCUT2D eigenvalue weighted by Crippen LogP contribution is 2.41. The van der Waals surface area contributed by atoms with Gasteiger partial charge in [0.25, 0.3) is 0 Å². The summed E-state index contributed by atoms with van der Waals surface area (Å²) in [6.07, 6.45) is 3.54. The van der Waals surface area contributed by atoms with E-state index in [1.54, 1.807) is 6.08 Å². The van der Waals surface area contributed by atoms with Gasteiger partial charge in [0.15, 0.2) is 11.6 Å². The van der Waals surface area contributed by atoms with E-state index in [1.807, 2.05) is 0 Å². The van der Waals surface area contributed by atoms with Crippen LogP contribution in [0.2, 0.25) is 0 Å². The van der Waals surface area contributed by atoms with Gasteiger partial charge in [0.1, 0.15) is 0 Å². The summed E-state index contributed by atoms with van der Waals surface area (Å²) in [5, 5.41) is 0. The maximum atomic E-state index is 11.9. The monoisotopic (exact) mass is 268 g/mol. The summed E-state index contributed by atoms with van der Waals surface area (Å²) in [4.78, 5) is 23.4. The molecule has 0 aromatic carbocycles. The lowest BCUT2D eigenvalue weighted by Gasteiger charge is -2.32. The Morgan fingerprint density at radius 2 is 1.87 bits per heavy atom. The maximum absolute atomic E-state index is 11.9. The van der Waals surface area contributed by atoms with Crippen molar-refractivity contribution >= 4 is 27.5 Å². The summed E-state index contributed by atoms with van der Waals surface area (Å²) in [5.74, 6) is 0.255. The molecule has 0 saturated heterocycles. The van der Waals surface area contributed by atoms with E-state index in [0.29, 0.717) is 17.3 Å². The molecule has 0 aromatic heterocycles. The van der Waals surface area contributed by atoms with E-state index < -0.39 is 0 Å². The lowest BCUT2D eigenvalue weighted by Crippen LogP contribution is -2.28. The zero-order chi connectivity index (χ0) is 11.2.